The van der Waals surface area contributed by atoms with Gasteiger partial charge in [-0.05, 0) is 67.9 Å². The number of nitrogens with one attached hydrogen (secondary N) is 2. The van der Waals surface area contributed by atoms with Gasteiger partial charge >= 0.3 is 5.97 Å². The molecule has 2 heterocycles. The molecule has 3 aromatic rings. The second-order valence-electron chi connectivity index (χ2n) is 9.93. The summed E-state index contributed by atoms with van der Waals surface area (Å²) in [6.07, 6.45) is 2.13. The molecule has 1 aliphatic rings. The Morgan fingerprint density at radius 1 is 1.18 bits per heavy atom. The lowest BCUT2D eigenvalue weighted by Crippen LogP contribution is -2.28. The first-order valence-electron chi connectivity index (χ1n) is 11.5. The van der Waals surface area contributed by atoms with Crippen molar-refractivity contribution >= 4 is 22.8 Å². The standard InChI is InChI=1S/C27H31FN2O3/c1-16(2)15-33-26(32)27(3,4)11-9-17-5-7-18(8-6-17)24-20-10-12-29-25(31)21-13-19(28)14-22(30-24)23(20)21/h5-8,13-14,16,30H,9-12,15H2,1-4H3,(H,29,31). The van der Waals surface area contributed by atoms with Crippen molar-refractivity contribution in [2.24, 2.45) is 11.3 Å². The zero-order valence-corrected chi connectivity index (χ0v) is 19.7. The van der Waals surface area contributed by atoms with E-state index in [-0.39, 0.29) is 11.9 Å². The summed E-state index contributed by atoms with van der Waals surface area (Å²) in [5.74, 6) is -0.516. The van der Waals surface area contributed by atoms with E-state index in [0.29, 0.717) is 43.0 Å². The number of rotatable bonds is 7. The Bertz CT molecular complexity index is 1190. The molecule has 0 radical (unpaired) electrons. The van der Waals surface area contributed by atoms with Crippen molar-refractivity contribution in [2.75, 3.05) is 13.2 Å². The van der Waals surface area contributed by atoms with Crippen LogP contribution in [0.3, 0.4) is 0 Å². The first-order valence-corrected chi connectivity index (χ1v) is 11.5. The van der Waals surface area contributed by atoms with Gasteiger partial charge in [-0.25, -0.2) is 4.39 Å². The molecular weight excluding hydrogens is 419 g/mol. The Morgan fingerprint density at radius 3 is 2.61 bits per heavy atom. The maximum absolute atomic E-state index is 14.1. The van der Waals surface area contributed by atoms with Crippen molar-refractivity contribution in [3.63, 3.8) is 0 Å². The third-order valence-corrected chi connectivity index (χ3v) is 6.25. The van der Waals surface area contributed by atoms with Gasteiger partial charge in [0, 0.05) is 23.1 Å². The predicted molar refractivity (Wildman–Crippen MR) is 128 cm³/mol. The quantitative estimate of drug-likeness (QED) is 0.472. The van der Waals surface area contributed by atoms with E-state index in [2.05, 4.69) is 22.4 Å². The predicted octanol–water partition coefficient (Wildman–Crippen LogP) is 5.42. The van der Waals surface area contributed by atoms with Crippen LogP contribution in [0.2, 0.25) is 0 Å². The van der Waals surface area contributed by atoms with E-state index in [1.54, 1.807) is 0 Å². The van der Waals surface area contributed by atoms with Crippen molar-refractivity contribution < 1.29 is 18.7 Å². The summed E-state index contributed by atoms with van der Waals surface area (Å²) in [7, 11) is 0. The van der Waals surface area contributed by atoms with E-state index in [1.807, 2.05) is 39.8 Å². The molecule has 0 aliphatic carbocycles. The Kier molecular flexibility index (Phi) is 6.28. The van der Waals surface area contributed by atoms with Gasteiger partial charge in [-0.2, -0.15) is 0 Å². The van der Waals surface area contributed by atoms with Crippen LogP contribution in [0.5, 0.6) is 0 Å². The van der Waals surface area contributed by atoms with Crippen LogP contribution in [-0.4, -0.2) is 30.0 Å². The average molecular weight is 451 g/mol. The minimum atomic E-state index is -0.548. The van der Waals surface area contributed by atoms with Gasteiger partial charge < -0.3 is 15.0 Å². The third kappa shape index (κ3) is 4.80. The smallest absolute Gasteiger partial charge is 0.311 e. The van der Waals surface area contributed by atoms with E-state index in [1.165, 1.54) is 12.1 Å². The maximum Gasteiger partial charge on any atom is 0.311 e. The van der Waals surface area contributed by atoms with Gasteiger partial charge in [0.1, 0.15) is 5.82 Å². The number of ether oxygens (including phenoxy) is 1. The Hall–Kier alpha value is -3.15. The van der Waals surface area contributed by atoms with Crippen molar-refractivity contribution in [2.45, 2.75) is 47.0 Å². The summed E-state index contributed by atoms with van der Waals surface area (Å²) < 4.78 is 19.5. The average Bonchev–Trinajstić information content (AvgIpc) is 3.04. The van der Waals surface area contributed by atoms with Gasteiger partial charge in [-0.3, -0.25) is 9.59 Å². The van der Waals surface area contributed by atoms with Gasteiger partial charge in [0.2, 0.25) is 0 Å². The zero-order valence-electron chi connectivity index (χ0n) is 19.7. The SMILES string of the molecule is CC(C)COC(=O)C(C)(C)CCc1ccc(-c2[nH]c3cc(F)cc4c3c2CCNC4=O)cc1. The fourth-order valence-corrected chi connectivity index (χ4v) is 4.27. The van der Waals surface area contributed by atoms with E-state index in [4.69, 9.17) is 4.74 Å². The summed E-state index contributed by atoms with van der Waals surface area (Å²) in [5, 5.41) is 3.65. The van der Waals surface area contributed by atoms with Gasteiger partial charge in [0.25, 0.3) is 5.91 Å². The number of benzene rings is 2. The van der Waals surface area contributed by atoms with Crippen LogP contribution in [0.15, 0.2) is 36.4 Å². The van der Waals surface area contributed by atoms with Crippen LogP contribution in [0, 0.1) is 17.2 Å². The van der Waals surface area contributed by atoms with Crippen LogP contribution in [0.25, 0.3) is 22.2 Å². The van der Waals surface area contributed by atoms with Crippen molar-refractivity contribution in [1.29, 1.82) is 0 Å². The van der Waals surface area contributed by atoms with Crippen molar-refractivity contribution in [3.05, 3.63) is 58.9 Å². The zero-order chi connectivity index (χ0) is 23.8. The number of carbonyl (C=O) groups excluding carboxylic acids is 2. The van der Waals surface area contributed by atoms with E-state index in [9.17, 15) is 14.0 Å². The number of aromatic nitrogens is 1. The fraction of sp³-hybridized carbons (Fsp3) is 0.407. The highest BCUT2D eigenvalue weighted by atomic mass is 19.1. The molecule has 2 aromatic carbocycles. The lowest BCUT2D eigenvalue weighted by Gasteiger charge is -2.23. The number of carbonyl (C=O) groups is 2. The highest BCUT2D eigenvalue weighted by Gasteiger charge is 2.29. The largest absolute Gasteiger partial charge is 0.465 e. The molecule has 0 unspecified atom stereocenters. The molecule has 0 saturated carbocycles. The first-order chi connectivity index (χ1) is 15.7. The normalized spacial score (nSPS) is 13.8. The number of hydrogen-bond acceptors (Lipinski definition) is 3. The summed E-state index contributed by atoms with van der Waals surface area (Å²) in [6, 6.07) is 10.9. The number of halogens is 1. The lowest BCUT2D eigenvalue weighted by atomic mass is 9.86. The number of aryl methyl sites for hydroxylation is 1. The highest BCUT2D eigenvalue weighted by molar-refractivity contribution is 6.10. The van der Waals surface area contributed by atoms with Gasteiger partial charge in [0.05, 0.1) is 17.6 Å². The minimum Gasteiger partial charge on any atom is -0.465 e. The van der Waals surface area contributed by atoms with E-state index >= 15 is 0 Å². The topological polar surface area (TPSA) is 71.2 Å². The Morgan fingerprint density at radius 2 is 1.91 bits per heavy atom. The highest BCUT2D eigenvalue weighted by Crippen LogP contribution is 2.35. The lowest BCUT2D eigenvalue weighted by molar-refractivity contribution is -0.155. The minimum absolute atomic E-state index is 0.160. The molecule has 174 valence electrons. The Labute approximate surface area is 193 Å². The second kappa shape index (κ2) is 9.00. The summed E-state index contributed by atoms with van der Waals surface area (Å²) in [5.41, 5.74) is 4.53. The summed E-state index contributed by atoms with van der Waals surface area (Å²) in [4.78, 5) is 28.1. The molecule has 1 aliphatic heterocycles. The second-order valence-corrected chi connectivity index (χ2v) is 9.93. The molecule has 4 rings (SSSR count). The van der Waals surface area contributed by atoms with Crippen molar-refractivity contribution in [1.82, 2.24) is 10.3 Å². The molecule has 33 heavy (non-hydrogen) atoms. The van der Waals surface area contributed by atoms with Crippen LogP contribution in [0.1, 0.15) is 55.6 Å². The van der Waals surface area contributed by atoms with Gasteiger partial charge in [-0.1, -0.05) is 38.1 Å². The molecule has 0 atom stereocenters. The van der Waals surface area contributed by atoms with Crippen LogP contribution >= 0.6 is 0 Å². The molecule has 0 saturated heterocycles. The van der Waals surface area contributed by atoms with E-state index < -0.39 is 11.2 Å². The monoisotopic (exact) mass is 450 g/mol. The van der Waals surface area contributed by atoms with Crippen molar-refractivity contribution in [3.8, 4) is 11.3 Å². The number of amides is 1. The number of esters is 1. The third-order valence-electron chi connectivity index (χ3n) is 6.25. The fourth-order valence-electron chi connectivity index (χ4n) is 4.27. The van der Waals surface area contributed by atoms with Crippen LogP contribution in [0.4, 0.5) is 4.39 Å². The Balaban J connectivity index is 1.54. The molecule has 5 nitrogen and oxygen atoms in total. The first kappa shape index (κ1) is 23.0. The summed E-state index contributed by atoms with van der Waals surface area (Å²) in [6.45, 7) is 8.85. The maximum atomic E-state index is 14.1. The number of hydrogen-bond donors (Lipinski definition) is 2. The summed E-state index contributed by atoms with van der Waals surface area (Å²) >= 11 is 0. The molecule has 2 N–H and O–H groups in total. The molecular formula is C27H31FN2O3. The molecule has 1 amide bonds. The van der Waals surface area contributed by atoms with Crippen LogP contribution < -0.4 is 5.32 Å². The van der Waals surface area contributed by atoms with E-state index in [0.717, 1.165) is 34.2 Å². The molecule has 0 bridgehead atoms. The molecule has 6 heteroatoms. The molecule has 1 aromatic heterocycles. The number of aromatic amines is 1. The molecule has 0 fully saturated rings. The van der Waals surface area contributed by atoms with Crippen LogP contribution in [-0.2, 0) is 22.4 Å². The van der Waals surface area contributed by atoms with Gasteiger partial charge in [-0.15, -0.1) is 0 Å². The number of H-pyrrole nitrogens is 1. The molecule has 0 spiro atoms. The van der Waals surface area contributed by atoms with Gasteiger partial charge in [0.15, 0.2) is 0 Å².